The van der Waals surface area contributed by atoms with Crippen molar-refractivity contribution in [3.05, 3.63) is 0 Å². The van der Waals surface area contributed by atoms with Gasteiger partial charge in [0.05, 0.1) is 12.0 Å². The molecule has 2 aliphatic rings. The van der Waals surface area contributed by atoms with Gasteiger partial charge >= 0.3 is 5.97 Å². The third-order valence-corrected chi connectivity index (χ3v) is 4.22. The lowest BCUT2D eigenvalue weighted by atomic mass is 9.86. The summed E-state index contributed by atoms with van der Waals surface area (Å²) in [5.41, 5.74) is -0.860. The minimum absolute atomic E-state index is 0.0792. The highest BCUT2D eigenvalue weighted by Gasteiger charge is 2.43. The Hall–Kier alpha value is -1.57. The standard InChI is InChI=1S/C13H18N2O3/c14-8-13(5-1-2-6-13)12(18)15-10-4-3-9(7-10)11(16)17/h9-10H,1-7H2,(H,15,18)(H,16,17)/t9-,10+/m0/s1. The number of carboxylic acids is 1. The highest BCUT2D eigenvalue weighted by molar-refractivity contribution is 5.86. The van der Waals surface area contributed by atoms with Gasteiger partial charge in [0.25, 0.3) is 0 Å². The normalized spacial score (nSPS) is 29.7. The Balaban J connectivity index is 1.93. The largest absolute Gasteiger partial charge is 0.481 e. The monoisotopic (exact) mass is 250 g/mol. The molecule has 2 fully saturated rings. The fourth-order valence-corrected chi connectivity index (χ4v) is 3.03. The molecule has 5 heteroatoms. The number of aliphatic carboxylic acids is 1. The number of carbonyl (C=O) groups is 2. The van der Waals surface area contributed by atoms with Crippen molar-refractivity contribution < 1.29 is 14.7 Å². The number of hydrogen-bond donors (Lipinski definition) is 2. The quantitative estimate of drug-likeness (QED) is 0.793. The van der Waals surface area contributed by atoms with Crippen LogP contribution in [0.1, 0.15) is 44.9 Å². The first-order valence-corrected chi connectivity index (χ1v) is 6.52. The van der Waals surface area contributed by atoms with Crippen LogP contribution in [0.3, 0.4) is 0 Å². The molecule has 0 bridgehead atoms. The zero-order valence-corrected chi connectivity index (χ0v) is 10.3. The van der Waals surface area contributed by atoms with E-state index in [1.165, 1.54) is 0 Å². The predicted molar refractivity (Wildman–Crippen MR) is 63.4 cm³/mol. The van der Waals surface area contributed by atoms with Gasteiger partial charge in [-0.05, 0) is 32.1 Å². The van der Waals surface area contributed by atoms with E-state index in [4.69, 9.17) is 5.11 Å². The molecule has 0 saturated heterocycles. The van der Waals surface area contributed by atoms with E-state index in [-0.39, 0.29) is 17.9 Å². The molecule has 0 aromatic rings. The first kappa shape index (κ1) is 12.9. The van der Waals surface area contributed by atoms with E-state index in [0.717, 1.165) is 12.8 Å². The summed E-state index contributed by atoms with van der Waals surface area (Å²) in [5.74, 6) is -1.34. The topological polar surface area (TPSA) is 90.2 Å². The second-order valence-corrected chi connectivity index (χ2v) is 5.42. The average Bonchev–Trinajstić information content (AvgIpc) is 2.97. The van der Waals surface area contributed by atoms with Gasteiger partial charge in [-0.25, -0.2) is 0 Å². The summed E-state index contributed by atoms with van der Waals surface area (Å²) in [6, 6.07) is 2.08. The average molecular weight is 250 g/mol. The zero-order valence-electron chi connectivity index (χ0n) is 10.3. The minimum atomic E-state index is -0.860. The van der Waals surface area contributed by atoms with Gasteiger partial charge in [-0.3, -0.25) is 9.59 Å². The molecule has 18 heavy (non-hydrogen) atoms. The highest BCUT2D eigenvalue weighted by Crippen LogP contribution is 2.38. The van der Waals surface area contributed by atoms with E-state index >= 15 is 0 Å². The minimum Gasteiger partial charge on any atom is -0.481 e. The van der Waals surface area contributed by atoms with Crippen molar-refractivity contribution in [2.45, 2.75) is 51.0 Å². The summed E-state index contributed by atoms with van der Waals surface area (Å²) < 4.78 is 0. The van der Waals surface area contributed by atoms with Crippen LogP contribution in [-0.4, -0.2) is 23.0 Å². The lowest BCUT2D eigenvalue weighted by molar-refractivity contribution is -0.141. The molecule has 2 saturated carbocycles. The smallest absolute Gasteiger partial charge is 0.306 e. The molecular weight excluding hydrogens is 232 g/mol. The molecule has 0 aromatic heterocycles. The van der Waals surface area contributed by atoms with Crippen LogP contribution >= 0.6 is 0 Å². The van der Waals surface area contributed by atoms with Crippen molar-refractivity contribution >= 4 is 11.9 Å². The summed E-state index contributed by atoms with van der Waals surface area (Å²) >= 11 is 0. The van der Waals surface area contributed by atoms with Gasteiger partial charge < -0.3 is 10.4 Å². The molecule has 0 aromatic carbocycles. The molecule has 0 radical (unpaired) electrons. The first-order chi connectivity index (χ1) is 8.57. The predicted octanol–water partition coefficient (Wildman–Crippen LogP) is 1.44. The molecule has 2 atom stereocenters. The van der Waals surface area contributed by atoms with Crippen molar-refractivity contribution in [1.82, 2.24) is 5.32 Å². The van der Waals surface area contributed by atoms with Crippen molar-refractivity contribution in [3.63, 3.8) is 0 Å². The maximum Gasteiger partial charge on any atom is 0.306 e. The van der Waals surface area contributed by atoms with Crippen LogP contribution in [0, 0.1) is 22.7 Å². The van der Waals surface area contributed by atoms with Crippen molar-refractivity contribution in [1.29, 1.82) is 5.26 Å². The summed E-state index contributed by atoms with van der Waals surface area (Å²) in [4.78, 5) is 23.0. The van der Waals surface area contributed by atoms with Gasteiger partial charge in [0.2, 0.25) is 5.91 Å². The van der Waals surface area contributed by atoms with E-state index in [2.05, 4.69) is 11.4 Å². The molecule has 1 amide bonds. The number of nitrogens with one attached hydrogen (secondary N) is 1. The third kappa shape index (κ3) is 2.33. The van der Waals surface area contributed by atoms with Gasteiger partial charge in [-0.1, -0.05) is 12.8 Å². The Morgan fingerprint density at radius 1 is 1.28 bits per heavy atom. The zero-order chi connectivity index (χ0) is 13.2. The van der Waals surface area contributed by atoms with Crippen LogP contribution in [-0.2, 0) is 9.59 Å². The highest BCUT2D eigenvalue weighted by atomic mass is 16.4. The van der Waals surface area contributed by atoms with Gasteiger partial charge in [0, 0.05) is 6.04 Å². The molecule has 5 nitrogen and oxygen atoms in total. The molecule has 0 unspecified atom stereocenters. The number of nitrogens with zero attached hydrogens (tertiary/aromatic N) is 1. The number of carbonyl (C=O) groups excluding carboxylic acids is 1. The van der Waals surface area contributed by atoms with E-state index in [0.29, 0.717) is 32.1 Å². The molecule has 0 aliphatic heterocycles. The maximum absolute atomic E-state index is 12.1. The Kier molecular flexibility index (Phi) is 3.55. The number of nitriles is 1. The molecule has 2 aliphatic carbocycles. The van der Waals surface area contributed by atoms with Crippen LogP contribution in [0.5, 0.6) is 0 Å². The van der Waals surface area contributed by atoms with Crippen LogP contribution < -0.4 is 5.32 Å². The summed E-state index contributed by atoms with van der Waals surface area (Å²) in [6.45, 7) is 0. The first-order valence-electron chi connectivity index (χ1n) is 6.52. The second-order valence-electron chi connectivity index (χ2n) is 5.42. The molecule has 2 N–H and O–H groups in total. The molecule has 0 spiro atoms. The number of carboxylic acid groups (broad SMARTS) is 1. The molecular formula is C13H18N2O3. The van der Waals surface area contributed by atoms with Crippen molar-refractivity contribution in [2.75, 3.05) is 0 Å². The lowest BCUT2D eigenvalue weighted by Gasteiger charge is -2.22. The summed E-state index contributed by atoms with van der Waals surface area (Å²) in [6.07, 6.45) is 4.90. The Labute approximate surface area is 106 Å². The van der Waals surface area contributed by atoms with Gasteiger partial charge in [-0.15, -0.1) is 0 Å². The Bertz CT molecular complexity index is 394. The van der Waals surface area contributed by atoms with Gasteiger partial charge in [0.1, 0.15) is 5.41 Å². The summed E-state index contributed by atoms with van der Waals surface area (Å²) in [5, 5.41) is 21.0. The lowest BCUT2D eigenvalue weighted by Crippen LogP contribution is -2.43. The molecule has 0 heterocycles. The summed E-state index contributed by atoms with van der Waals surface area (Å²) in [7, 11) is 0. The van der Waals surface area contributed by atoms with Crippen LogP contribution in [0.4, 0.5) is 0 Å². The molecule has 98 valence electrons. The van der Waals surface area contributed by atoms with E-state index in [9.17, 15) is 14.9 Å². The number of rotatable bonds is 3. The third-order valence-electron chi connectivity index (χ3n) is 4.22. The van der Waals surface area contributed by atoms with E-state index in [1.807, 2.05) is 0 Å². The Morgan fingerprint density at radius 3 is 2.44 bits per heavy atom. The van der Waals surface area contributed by atoms with Gasteiger partial charge in [-0.2, -0.15) is 5.26 Å². The molecule has 2 rings (SSSR count). The fourth-order valence-electron chi connectivity index (χ4n) is 3.03. The number of amides is 1. The van der Waals surface area contributed by atoms with E-state index in [1.54, 1.807) is 0 Å². The van der Waals surface area contributed by atoms with Gasteiger partial charge in [0.15, 0.2) is 0 Å². The Morgan fingerprint density at radius 2 is 1.94 bits per heavy atom. The second kappa shape index (κ2) is 4.97. The van der Waals surface area contributed by atoms with E-state index < -0.39 is 11.4 Å². The maximum atomic E-state index is 12.1. The SMILES string of the molecule is N#CC1(C(=O)N[C@@H]2CC[C@H](C(=O)O)C2)CCCC1. The van der Waals surface area contributed by atoms with Crippen LogP contribution in [0.25, 0.3) is 0 Å². The van der Waals surface area contributed by atoms with Crippen molar-refractivity contribution in [3.8, 4) is 6.07 Å². The van der Waals surface area contributed by atoms with Crippen LogP contribution in [0.15, 0.2) is 0 Å². The van der Waals surface area contributed by atoms with Crippen molar-refractivity contribution in [2.24, 2.45) is 11.3 Å². The number of hydrogen-bond acceptors (Lipinski definition) is 3. The fraction of sp³-hybridized carbons (Fsp3) is 0.769. The van der Waals surface area contributed by atoms with Crippen LogP contribution in [0.2, 0.25) is 0 Å².